The van der Waals surface area contributed by atoms with Crippen LogP contribution in [0.2, 0.25) is 0 Å². The van der Waals surface area contributed by atoms with Crippen molar-refractivity contribution in [3.63, 3.8) is 0 Å². The number of carboxylic acids is 1. The number of aliphatic carboxylic acids is 1. The number of nitrogens with zero attached hydrogens (tertiary/aromatic N) is 2. The van der Waals surface area contributed by atoms with Crippen LogP contribution in [0, 0.1) is 11.7 Å². The number of hydrogen-bond donors (Lipinski definition) is 3. The number of rotatable bonds is 8. The molecule has 3 atom stereocenters. The first-order valence-corrected chi connectivity index (χ1v) is 11.9. The number of nitrogens with two attached hydrogens (primary N) is 2. The zero-order chi connectivity index (χ0) is 27.4. The van der Waals surface area contributed by atoms with Gasteiger partial charge in [-0.15, -0.1) is 12.4 Å². The van der Waals surface area contributed by atoms with Gasteiger partial charge in [0.1, 0.15) is 11.9 Å². The molecule has 39 heavy (non-hydrogen) atoms. The fourth-order valence-electron chi connectivity index (χ4n) is 4.43. The van der Waals surface area contributed by atoms with Crippen molar-refractivity contribution in [3.8, 4) is 17.0 Å². The summed E-state index contributed by atoms with van der Waals surface area (Å²) in [6, 6.07) is 11.6. The van der Waals surface area contributed by atoms with Crippen LogP contribution in [-0.2, 0) is 4.79 Å². The zero-order valence-corrected chi connectivity index (χ0v) is 21.4. The van der Waals surface area contributed by atoms with E-state index in [2.05, 4.69) is 9.97 Å². The zero-order valence-electron chi connectivity index (χ0n) is 20.6. The van der Waals surface area contributed by atoms with Crippen molar-refractivity contribution < 1.29 is 32.2 Å². The largest absolute Gasteiger partial charge is 0.480 e. The van der Waals surface area contributed by atoms with Crippen LogP contribution >= 0.6 is 12.4 Å². The van der Waals surface area contributed by atoms with Crippen molar-refractivity contribution in [3.05, 3.63) is 77.7 Å². The van der Waals surface area contributed by atoms with Gasteiger partial charge in [0.05, 0.1) is 5.69 Å². The molecule has 3 aromatic rings. The smallest absolute Gasteiger partial charge is 0.429 e. The Balaban J connectivity index is 0.00000420. The Morgan fingerprint density at radius 2 is 1.82 bits per heavy atom. The Morgan fingerprint density at radius 3 is 2.41 bits per heavy atom. The van der Waals surface area contributed by atoms with E-state index >= 15 is 0 Å². The van der Waals surface area contributed by atoms with E-state index in [1.165, 1.54) is 48.5 Å². The molecule has 3 unspecified atom stereocenters. The van der Waals surface area contributed by atoms with Crippen LogP contribution in [-0.4, -0.2) is 33.3 Å². The SMILES string of the molecule is Cl.Nc1nc(OC(c2ccc(-c3cccc(F)c3)cc2)C(F)(F)F)cc(C2=CCC(CC(N)C(=O)O)CC2)n1. The van der Waals surface area contributed by atoms with E-state index in [-0.39, 0.29) is 35.7 Å². The van der Waals surface area contributed by atoms with Gasteiger partial charge in [-0.25, -0.2) is 9.37 Å². The van der Waals surface area contributed by atoms with Gasteiger partial charge in [0.2, 0.25) is 17.9 Å². The summed E-state index contributed by atoms with van der Waals surface area (Å²) in [5.41, 5.74) is 13.4. The Kier molecular flexibility index (Phi) is 9.52. The van der Waals surface area contributed by atoms with E-state index in [1.807, 2.05) is 6.08 Å². The van der Waals surface area contributed by atoms with Crippen LogP contribution in [0.1, 0.15) is 43.0 Å². The summed E-state index contributed by atoms with van der Waals surface area (Å²) in [6.07, 6.45) is -3.17. The van der Waals surface area contributed by atoms with Gasteiger partial charge in [0.25, 0.3) is 0 Å². The molecule has 0 bridgehead atoms. The molecule has 0 aliphatic heterocycles. The van der Waals surface area contributed by atoms with Gasteiger partial charge < -0.3 is 21.3 Å². The fourth-order valence-corrected chi connectivity index (χ4v) is 4.43. The molecule has 0 radical (unpaired) electrons. The van der Waals surface area contributed by atoms with E-state index in [1.54, 1.807) is 6.07 Å². The van der Waals surface area contributed by atoms with E-state index in [0.29, 0.717) is 42.5 Å². The lowest BCUT2D eigenvalue weighted by Gasteiger charge is -2.24. The summed E-state index contributed by atoms with van der Waals surface area (Å²) in [7, 11) is 0. The predicted octanol–water partition coefficient (Wildman–Crippen LogP) is 5.95. The molecule has 1 aromatic heterocycles. The van der Waals surface area contributed by atoms with Gasteiger partial charge in [0.15, 0.2) is 0 Å². The quantitative estimate of drug-likeness (QED) is 0.288. The minimum Gasteiger partial charge on any atom is -0.480 e. The summed E-state index contributed by atoms with van der Waals surface area (Å²) < 4.78 is 60.9. The number of nitrogen functional groups attached to an aromatic ring is 1. The molecule has 0 amide bonds. The summed E-state index contributed by atoms with van der Waals surface area (Å²) in [6.45, 7) is 0. The van der Waals surface area contributed by atoms with Crippen LogP contribution in [0.15, 0.2) is 60.7 Å². The molecule has 1 heterocycles. The Bertz CT molecular complexity index is 1340. The van der Waals surface area contributed by atoms with Crippen molar-refractivity contribution in [2.75, 3.05) is 5.73 Å². The normalized spacial score (nSPS) is 16.9. The number of anilines is 1. The first kappa shape index (κ1) is 29.9. The predicted molar refractivity (Wildman–Crippen MR) is 140 cm³/mol. The van der Waals surface area contributed by atoms with Gasteiger partial charge >= 0.3 is 12.1 Å². The molecule has 2 aromatic carbocycles. The molecule has 0 fully saturated rings. The number of aromatic nitrogens is 2. The molecule has 12 heteroatoms. The highest BCUT2D eigenvalue weighted by atomic mass is 35.5. The average molecular weight is 567 g/mol. The molecule has 1 aliphatic rings. The fraction of sp³-hybridized carbons (Fsp3) is 0.296. The molecule has 7 nitrogen and oxygen atoms in total. The maximum atomic E-state index is 14.0. The highest BCUT2D eigenvalue weighted by Gasteiger charge is 2.43. The van der Waals surface area contributed by atoms with Gasteiger partial charge in [-0.05, 0) is 60.4 Å². The third-order valence-corrected chi connectivity index (χ3v) is 6.38. The molecule has 208 valence electrons. The highest BCUT2D eigenvalue weighted by molar-refractivity contribution is 5.85. The van der Waals surface area contributed by atoms with E-state index in [9.17, 15) is 22.4 Å². The summed E-state index contributed by atoms with van der Waals surface area (Å²) in [4.78, 5) is 19.0. The van der Waals surface area contributed by atoms with Crippen LogP contribution in [0.5, 0.6) is 5.88 Å². The van der Waals surface area contributed by atoms with Crippen molar-refractivity contribution >= 4 is 29.9 Å². The number of ether oxygens (including phenoxy) is 1. The monoisotopic (exact) mass is 566 g/mol. The van der Waals surface area contributed by atoms with Crippen molar-refractivity contribution in [2.24, 2.45) is 11.7 Å². The Morgan fingerprint density at radius 1 is 1.10 bits per heavy atom. The first-order chi connectivity index (χ1) is 18.0. The minimum absolute atomic E-state index is 0. The Labute approximate surface area is 228 Å². The Hall–Kier alpha value is -3.70. The molecular weight excluding hydrogens is 540 g/mol. The summed E-state index contributed by atoms with van der Waals surface area (Å²) in [5.74, 6) is -2.01. The number of carboxylic acid groups (broad SMARTS) is 1. The standard InChI is InChI=1S/C27H26F4N4O3.ClH/c28-20-3-1-2-19(13-20)16-8-10-18(11-9-16)24(27(29,30)31)38-23-14-22(34-26(33)35-23)17-6-4-15(5-7-17)12-21(32)25(36)37;/h1-3,6,8-11,13-15,21,24H,4-5,7,12,32H2,(H,36,37)(H2,33,34,35);1H. The maximum Gasteiger partial charge on any atom is 0.429 e. The average Bonchev–Trinajstić information content (AvgIpc) is 2.87. The number of hydrogen-bond acceptors (Lipinski definition) is 6. The van der Waals surface area contributed by atoms with E-state index in [0.717, 1.165) is 5.57 Å². The lowest BCUT2D eigenvalue weighted by Crippen LogP contribution is -2.32. The van der Waals surface area contributed by atoms with Crippen molar-refractivity contribution in [1.82, 2.24) is 9.97 Å². The second-order valence-electron chi connectivity index (χ2n) is 9.17. The highest BCUT2D eigenvalue weighted by Crippen LogP contribution is 2.38. The van der Waals surface area contributed by atoms with Gasteiger partial charge in [-0.1, -0.05) is 42.5 Å². The van der Waals surface area contributed by atoms with Crippen LogP contribution in [0.25, 0.3) is 16.7 Å². The summed E-state index contributed by atoms with van der Waals surface area (Å²) in [5, 5.41) is 9.01. The maximum absolute atomic E-state index is 14.0. The van der Waals surface area contributed by atoms with Crippen molar-refractivity contribution in [2.45, 2.75) is 44.0 Å². The van der Waals surface area contributed by atoms with Gasteiger partial charge in [-0.3, -0.25) is 4.79 Å². The lowest BCUT2D eigenvalue weighted by molar-refractivity contribution is -0.198. The lowest BCUT2D eigenvalue weighted by atomic mass is 9.84. The number of allylic oxidation sites excluding steroid dienone is 2. The first-order valence-electron chi connectivity index (χ1n) is 11.9. The number of carbonyl (C=O) groups is 1. The van der Waals surface area contributed by atoms with Gasteiger partial charge in [0, 0.05) is 11.6 Å². The molecule has 4 rings (SSSR count). The third kappa shape index (κ3) is 7.67. The van der Waals surface area contributed by atoms with Crippen LogP contribution < -0.4 is 16.2 Å². The molecule has 0 saturated carbocycles. The molecule has 1 aliphatic carbocycles. The van der Waals surface area contributed by atoms with Crippen molar-refractivity contribution in [1.29, 1.82) is 0 Å². The second kappa shape index (κ2) is 12.4. The second-order valence-corrected chi connectivity index (χ2v) is 9.17. The van der Waals surface area contributed by atoms with Gasteiger partial charge in [-0.2, -0.15) is 18.2 Å². The number of halogens is 5. The minimum atomic E-state index is -4.76. The number of benzene rings is 2. The topological polar surface area (TPSA) is 124 Å². The summed E-state index contributed by atoms with van der Waals surface area (Å²) >= 11 is 0. The third-order valence-electron chi connectivity index (χ3n) is 6.38. The van der Waals surface area contributed by atoms with Crippen LogP contribution in [0.3, 0.4) is 0 Å². The van der Waals surface area contributed by atoms with E-state index < -0.39 is 30.1 Å². The molecule has 0 spiro atoms. The number of alkyl halides is 3. The molecular formula is C27H27ClF4N4O3. The molecule has 5 N–H and O–H groups in total. The van der Waals surface area contributed by atoms with E-state index in [4.69, 9.17) is 21.3 Å². The molecule has 0 saturated heterocycles. The van der Waals surface area contributed by atoms with Crippen LogP contribution in [0.4, 0.5) is 23.5 Å².